The number of nitrogens with zero attached hydrogens (tertiary/aromatic N) is 3. The van der Waals surface area contributed by atoms with Crippen LogP contribution < -0.4 is 0 Å². The Morgan fingerprint density at radius 1 is 0.633 bits per heavy atom. The van der Waals surface area contributed by atoms with Crippen molar-refractivity contribution in [1.29, 1.82) is 0 Å². The predicted molar refractivity (Wildman–Crippen MR) is 115 cm³/mol. The molecule has 156 valence electrons. The van der Waals surface area contributed by atoms with Crippen molar-refractivity contribution in [3.63, 3.8) is 0 Å². The summed E-state index contributed by atoms with van der Waals surface area (Å²) in [5, 5.41) is 0. The van der Waals surface area contributed by atoms with Gasteiger partial charge in [0.25, 0.3) is 0 Å². The predicted octanol–water partition coefficient (Wildman–Crippen LogP) is 4.46. The molecule has 0 bridgehead atoms. The van der Waals surface area contributed by atoms with Gasteiger partial charge in [0.15, 0.2) is 0 Å². The zero-order chi connectivity index (χ0) is 21.0. The van der Waals surface area contributed by atoms with Crippen molar-refractivity contribution in [2.75, 3.05) is 27.2 Å². The largest absolute Gasteiger partial charge is 0.351 e. The molecule has 0 saturated carbocycles. The number of hydrogen-bond acceptors (Lipinski definition) is 2. The number of aromatic nitrogens is 1. The number of halogens is 2. The summed E-state index contributed by atoms with van der Waals surface area (Å²) >= 11 is 0. The van der Waals surface area contributed by atoms with Crippen LogP contribution in [0.1, 0.15) is 45.7 Å². The molecule has 3 heterocycles. The van der Waals surface area contributed by atoms with Gasteiger partial charge in [-0.1, -0.05) is 24.3 Å². The maximum atomic E-state index is 13.6. The number of rotatable bonds is 2. The summed E-state index contributed by atoms with van der Waals surface area (Å²) in [6.07, 6.45) is 1.99. The van der Waals surface area contributed by atoms with Gasteiger partial charge in [-0.3, -0.25) is 9.80 Å². The second-order valence-electron chi connectivity index (χ2n) is 8.65. The third kappa shape index (κ3) is 2.99. The third-order valence-electron chi connectivity index (χ3n) is 6.92. The lowest BCUT2D eigenvalue weighted by atomic mass is 9.83. The molecular formula is C25H27F2N3. The number of likely N-dealkylation sites (N-methyl/N-ethyl adjacent to an activating group) is 2. The van der Waals surface area contributed by atoms with Crippen molar-refractivity contribution in [2.24, 2.45) is 7.05 Å². The molecule has 0 saturated heterocycles. The summed E-state index contributed by atoms with van der Waals surface area (Å²) in [4.78, 5) is 4.73. The van der Waals surface area contributed by atoms with Crippen LogP contribution >= 0.6 is 0 Å². The van der Waals surface area contributed by atoms with Crippen molar-refractivity contribution < 1.29 is 8.78 Å². The third-order valence-corrected chi connectivity index (χ3v) is 6.92. The van der Waals surface area contributed by atoms with E-state index in [2.05, 4.69) is 35.5 Å². The molecule has 0 radical (unpaired) electrons. The van der Waals surface area contributed by atoms with Crippen molar-refractivity contribution in [3.05, 3.63) is 93.8 Å². The summed E-state index contributed by atoms with van der Waals surface area (Å²) in [5.41, 5.74) is 7.64. The summed E-state index contributed by atoms with van der Waals surface area (Å²) < 4.78 is 29.7. The van der Waals surface area contributed by atoms with Gasteiger partial charge in [-0.15, -0.1) is 0 Å². The van der Waals surface area contributed by atoms with Gasteiger partial charge in [-0.2, -0.15) is 0 Å². The average Bonchev–Trinajstić information content (AvgIpc) is 3.02. The minimum Gasteiger partial charge on any atom is -0.351 e. The molecule has 2 aliphatic rings. The SMILES string of the molecule is CN1CCc2c(c3c(n2C)CCN(C)[C@H]3c2ccc(F)cc2)[C@H]1c1ccc(F)cc1. The highest BCUT2D eigenvalue weighted by atomic mass is 19.1. The first-order chi connectivity index (χ1) is 14.5. The first kappa shape index (κ1) is 19.5. The van der Waals surface area contributed by atoms with Gasteiger partial charge in [0.1, 0.15) is 11.6 Å². The molecule has 0 unspecified atom stereocenters. The Labute approximate surface area is 176 Å². The van der Waals surface area contributed by atoms with Gasteiger partial charge >= 0.3 is 0 Å². The molecule has 0 N–H and O–H groups in total. The fourth-order valence-corrected chi connectivity index (χ4v) is 5.45. The molecule has 3 nitrogen and oxygen atoms in total. The molecule has 5 rings (SSSR count). The first-order valence-corrected chi connectivity index (χ1v) is 10.6. The average molecular weight is 408 g/mol. The van der Waals surface area contributed by atoms with Gasteiger partial charge in [-0.05, 0) is 49.5 Å². The molecule has 2 aromatic carbocycles. The summed E-state index contributed by atoms with van der Waals surface area (Å²) in [6, 6.07) is 14.0. The maximum Gasteiger partial charge on any atom is 0.123 e. The van der Waals surface area contributed by atoms with E-state index >= 15 is 0 Å². The highest BCUT2D eigenvalue weighted by Crippen LogP contribution is 2.46. The highest BCUT2D eigenvalue weighted by Gasteiger charge is 2.39. The van der Waals surface area contributed by atoms with Crippen molar-refractivity contribution >= 4 is 0 Å². The number of hydrogen-bond donors (Lipinski definition) is 0. The molecule has 5 heteroatoms. The highest BCUT2D eigenvalue weighted by molar-refractivity contribution is 5.52. The topological polar surface area (TPSA) is 11.4 Å². The van der Waals surface area contributed by atoms with Crippen LogP contribution in [-0.4, -0.2) is 41.6 Å². The van der Waals surface area contributed by atoms with Crippen LogP contribution in [0.5, 0.6) is 0 Å². The van der Waals surface area contributed by atoms with E-state index in [4.69, 9.17) is 0 Å². The van der Waals surface area contributed by atoms with Gasteiger partial charge in [0, 0.05) is 55.5 Å². The minimum absolute atomic E-state index is 0.0822. The van der Waals surface area contributed by atoms with Crippen LogP contribution in [0.25, 0.3) is 0 Å². The van der Waals surface area contributed by atoms with Crippen LogP contribution in [0.15, 0.2) is 48.5 Å². The molecule has 1 aromatic heterocycles. The van der Waals surface area contributed by atoms with E-state index in [0.717, 1.165) is 37.1 Å². The Hall–Kier alpha value is -2.50. The van der Waals surface area contributed by atoms with E-state index < -0.39 is 0 Å². The van der Waals surface area contributed by atoms with Crippen molar-refractivity contribution in [2.45, 2.75) is 24.9 Å². The van der Waals surface area contributed by atoms with Gasteiger partial charge in [-0.25, -0.2) is 8.78 Å². The van der Waals surface area contributed by atoms with E-state index in [1.54, 1.807) is 24.3 Å². The Kier molecular flexibility index (Phi) is 4.75. The van der Waals surface area contributed by atoms with Crippen LogP contribution in [0, 0.1) is 11.6 Å². The second kappa shape index (κ2) is 7.33. The maximum absolute atomic E-state index is 13.6. The van der Waals surface area contributed by atoms with Crippen LogP contribution in [0.2, 0.25) is 0 Å². The second-order valence-corrected chi connectivity index (χ2v) is 8.65. The van der Waals surface area contributed by atoms with E-state index in [1.165, 1.54) is 22.5 Å². The van der Waals surface area contributed by atoms with Gasteiger partial charge in [0.2, 0.25) is 0 Å². The minimum atomic E-state index is -0.212. The van der Waals surface area contributed by atoms with Crippen LogP contribution in [0.4, 0.5) is 8.78 Å². The van der Waals surface area contributed by atoms with Crippen LogP contribution in [0.3, 0.4) is 0 Å². The zero-order valence-electron chi connectivity index (χ0n) is 17.7. The smallest absolute Gasteiger partial charge is 0.123 e. The number of fused-ring (bicyclic) bond motifs is 3. The van der Waals surface area contributed by atoms with E-state index in [1.807, 2.05) is 24.3 Å². The van der Waals surface area contributed by atoms with Crippen LogP contribution in [-0.2, 0) is 19.9 Å². The van der Waals surface area contributed by atoms with E-state index in [9.17, 15) is 8.78 Å². The fraction of sp³-hybridized carbons (Fsp3) is 0.360. The Balaban J connectivity index is 1.73. The van der Waals surface area contributed by atoms with Crippen molar-refractivity contribution in [1.82, 2.24) is 14.4 Å². The molecule has 0 spiro atoms. The van der Waals surface area contributed by atoms with E-state index in [0.29, 0.717) is 0 Å². The molecule has 3 aromatic rings. The summed E-state index contributed by atoms with van der Waals surface area (Å²) in [6.45, 7) is 1.92. The molecular weight excluding hydrogens is 380 g/mol. The quantitative estimate of drug-likeness (QED) is 0.622. The molecule has 2 atom stereocenters. The lowest BCUT2D eigenvalue weighted by molar-refractivity contribution is 0.244. The Bertz CT molecular complexity index is 984. The Morgan fingerprint density at radius 3 is 1.37 bits per heavy atom. The Morgan fingerprint density at radius 2 is 1.00 bits per heavy atom. The summed E-state index contributed by atoms with van der Waals surface area (Å²) in [7, 11) is 6.48. The standard InChI is InChI=1S/C25H27F2N3/c1-28-14-12-20-22(24(28)16-4-8-18(26)9-5-16)23-21(30(20)3)13-15-29(2)25(23)17-6-10-19(27)11-7-17/h4-11,24-25H,12-15H2,1-3H3/t24-,25+. The first-order valence-electron chi connectivity index (χ1n) is 10.6. The molecule has 2 aliphatic heterocycles. The fourth-order valence-electron chi connectivity index (χ4n) is 5.45. The van der Waals surface area contributed by atoms with Crippen molar-refractivity contribution in [3.8, 4) is 0 Å². The van der Waals surface area contributed by atoms with Gasteiger partial charge < -0.3 is 4.57 Å². The molecule has 0 amide bonds. The number of benzene rings is 2. The normalized spacial score (nSPS) is 22.0. The molecule has 0 fully saturated rings. The molecule has 0 aliphatic carbocycles. The van der Waals surface area contributed by atoms with E-state index in [-0.39, 0.29) is 23.7 Å². The monoisotopic (exact) mass is 407 g/mol. The lowest BCUT2D eigenvalue weighted by Crippen LogP contribution is -2.36. The van der Waals surface area contributed by atoms with Gasteiger partial charge in [0.05, 0.1) is 12.1 Å². The lowest BCUT2D eigenvalue weighted by Gasteiger charge is -2.38. The molecule has 30 heavy (non-hydrogen) atoms. The zero-order valence-corrected chi connectivity index (χ0v) is 17.7. The summed E-state index contributed by atoms with van der Waals surface area (Å²) in [5.74, 6) is -0.423.